The van der Waals surface area contributed by atoms with E-state index in [2.05, 4.69) is 6.08 Å². The van der Waals surface area contributed by atoms with Crippen LogP contribution in [0.2, 0.25) is 0 Å². The zero-order valence-corrected chi connectivity index (χ0v) is 18.4. The molecule has 1 saturated carbocycles. The van der Waals surface area contributed by atoms with Crippen LogP contribution in [0.25, 0.3) is 5.57 Å². The van der Waals surface area contributed by atoms with E-state index < -0.39 is 11.6 Å². The summed E-state index contributed by atoms with van der Waals surface area (Å²) in [5.41, 5.74) is 3.07. The molecule has 4 rings (SSSR count). The van der Waals surface area contributed by atoms with Crippen molar-refractivity contribution in [1.82, 2.24) is 0 Å². The molecule has 166 valence electrons. The van der Waals surface area contributed by atoms with Crippen LogP contribution in [0.15, 0.2) is 36.4 Å². The summed E-state index contributed by atoms with van der Waals surface area (Å²) in [5, 5.41) is 0. The van der Waals surface area contributed by atoms with Gasteiger partial charge in [0, 0.05) is 0 Å². The van der Waals surface area contributed by atoms with Gasteiger partial charge < -0.3 is 4.74 Å². The first-order valence-corrected chi connectivity index (χ1v) is 11.5. The lowest BCUT2D eigenvalue weighted by molar-refractivity contribution is 0.219. The van der Waals surface area contributed by atoms with Gasteiger partial charge in [-0.25, -0.2) is 13.2 Å². The van der Waals surface area contributed by atoms with Gasteiger partial charge in [-0.1, -0.05) is 24.3 Å². The van der Waals surface area contributed by atoms with Crippen molar-refractivity contribution in [2.45, 2.75) is 64.7 Å². The number of ether oxygens (including phenoxy) is 1. The Morgan fingerprint density at radius 1 is 0.903 bits per heavy atom. The van der Waals surface area contributed by atoms with Crippen LogP contribution >= 0.6 is 0 Å². The third kappa shape index (κ3) is 4.68. The minimum Gasteiger partial charge on any atom is -0.491 e. The largest absolute Gasteiger partial charge is 0.491 e. The normalized spacial score (nSPS) is 24.0. The third-order valence-electron chi connectivity index (χ3n) is 7.24. The van der Waals surface area contributed by atoms with Crippen LogP contribution in [0.1, 0.15) is 74.5 Å². The molecule has 1 atom stereocenters. The summed E-state index contributed by atoms with van der Waals surface area (Å²) in [4.78, 5) is 0. The van der Waals surface area contributed by atoms with E-state index in [0.717, 1.165) is 50.5 Å². The van der Waals surface area contributed by atoms with Gasteiger partial charge in [-0.3, -0.25) is 0 Å². The van der Waals surface area contributed by atoms with Crippen molar-refractivity contribution < 1.29 is 17.9 Å². The molecule has 2 aliphatic carbocycles. The van der Waals surface area contributed by atoms with Crippen LogP contribution in [0, 0.1) is 36.2 Å². The lowest BCUT2D eigenvalue weighted by Gasteiger charge is -2.36. The first kappa shape index (κ1) is 22.0. The lowest BCUT2D eigenvalue weighted by atomic mass is 9.70. The molecule has 31 heavy (non-hydrogen) atoms. The predicted molar refractivity (Wildman–Crippen MR) is 119 cm³/mol. The molecule has 0 aliphatic heterocycles. The van der Waals surface area contributed by atoms with Gasteiger partial charge in [-0.05, 0) is 111 Å². The maximum absolute atomic E-state index is 14.4. The highest BCUT2D eigenvalue weighted by molar-refractivity contribution is 5.67. The molecule has 1 nitrogen and oxygen atoms in total. The van der Waals surface area contributed by atoms with Crippen molar-refractivity contribution in [3.63, 3.8) is 0 Å². The molecule has 2 aliphatic rings. The number of allylic oxidation sites excluding steroid dienone is 2. The summed E-state index contributed by atoms with van der Waals surface area (Å²) in [6.07, 6.45) is 9.29. The molecule has 4 heteroatoms. The molecule has 1 fully saturated rings. The van der Waals surface area contributed by atoms with E-state index in [1.807, 2.05) is 13.0 Å². The highest BCUT2D eigenvalue weighted by Crippen LogP contribution is 2.44. The van der Waals surface area contributed by atoms with Gasteiger partial charge >= 0.3 is 0 Å². The van der Waals surface area contributed by atoms with Crippen molar-refractivity contribution in [3.8, 4) is 5.75 Å². The molecule has 0 bridgehead atoms. The van der Waals surface area contributed by atoms with E-state index >= 15 is 0 Å². The Labute approximate surface area is 183 Å². The first-order valence-electron chi connectivity index (χ1n) is 11.5. The number of hydrogen-bond donors (Lipinski definition) is 0. The van der Waals surface area contributed by atoms with Gasteiger partial charge in [0.05, 0.1) is 6.61 Å². The van der Waals surface area contributed by atoms with Crippen LogP contribution in [-0.2, 0) is 0 Å². The highest BCUT2D eigenvalue weighted by Gasteiger charge is 2.31. The van der Waals surface area contributed by atoms with Crippen LogP contribution in [0.4, 0.5) is 13.2 Å². The SMILES string of the molecule is CCOc1ccc(C2=CCC(C3CCC(c4ccc(C)c(F)c4F)CC3)CC2)cc1F. The van der Waals surface area contributed by atoms with Crippen molar-refractivity contribution in [2.75, 3.05) is 6.61 Å². The number of benzene rings is 2. The molecule has 1 unspecified atom stereocenters. The van der Waals surface area contributed by atoms with Crippen LogP contribution < -0.4 is 4.74 Å². The fraction of sp³-hybridized carbons (Fsp3) is 0.481. The quantitative estimate of drug-likeness (QED) is 0.469. The zero-order valence-electron chi connectivity index (χ0n) is 18.4. The van der Waals surface area contributed by atoms with Gasteiger partial charge in [0.25, 0.3) is 0 Å². The van der Waals surface area contributed by atoms with Crippen molar-refractivity contribution in [3.05, 3.63) is 70.5 Å². The lowest BCUT2D eigenvalue weighted by Crippen LogP contribution is -2.23. The highest BCUT2D eigenvalue weighted by atomic mass is 19.2. The maximum Gasteiger partial charge on any atom is 0.165 e. The Morgan fingerprint density at radius 2 is 1.68 bits per heavy atom. The average molecular weight is 429 g/mol. The van der Waals surface area contributed by atoms with E-state index in [-0.39, 0.29) is 11.7 Å². The molecule has 0 N–H and O–H groups in total. The number of halogens is 3. The number of aryl methyl sites for hydroxylation is 1. The van der Waals surface area contributed by atoms with Gasteiger partial charge in [-0.15, -0.1) is 0 Å². The van der Waals surface area contributed by atoms with E-state index in [0.29, 0.717) is 35.3 Å². The summed E-state index contributed by atoms with van der Waals surface area (Å²) in [7, 11) is 0. The molecule has 0 saturated heterocycles. The Hall–Kier alpha value is -2.23. The fourth-order valence-electron chi connectivity index (χ4n) is 5.40. The second-order valence-corrected chi connectivity index (χ2v) is 9.05. The Balaban J connectivity index is 1.35. The van der Waals surface area contributed by atoms with E-state index in [1.165, 1.54) is 5.57 Å². The zero-order chi connectivity index (χ0) is 22.0. The minimum atomic E-state index is -0.699. The number of hydrogen-bond acceptors (Lipinski definition) is 1. The average Bonchev–Trinajstić information content (AvgIpc) is 2.79. The molecular formula is C27H31F3O. The topological polar surface area (TPSA) is 9.23 Å². The predicted octanol–water partition coefficient (Wildman–Crippen LogP) is 7.97. The van der Waals surface area contributed by atoms with E-state index in [1.54, 1.807) is 31.2 Å². The molecular weight excluding hydrogens is 397 g/mol. The smallest absolute Gasteiger partial charge is 0.165 e. The summed E-state index contributed by atoms with van der Waals surface area (Å²) in [6, 6.07) is 8.70. The number of rotatable bonds is 5. The standard InChI is InChI=1S/C27H31F3O/c1-3-31-25-15-13-22(16-24(25)28)20-7-5-18(6-8-20)19-9-11-21(12-10-19)23-14-4-17(2)26(29)27(23)30/h4,7,13-16,18-19,21H,3,5-6,8-12H2,1-2H3. The van der Waals surface area contributed by atoms with Gasteiger partial charge in [0.15, 0.2) is 23.2 Å². The molecule has 0 spiro atoms. The molecule has 2 aromatic carbocycles. The molecule has 0 amide bonds. The molecule has 2 aromatic rings. The fourth-order valence-corrected chi connectivity index (χ4v) is 5.40. The summed E-state index contributed by atoms with van der Waals surface area (Å²) >= 11 is 0. The van der Waals surface area contributed by atoms with Gasteiger partial charge in [0.2, 0.25) is 0 Å². The molecule has 0 radical (unpaired) electrons. The maximum atomic E-state index is 14.4. The second-order valence-electron chi connectivity index (χ2n) is 9.05. The van der Waals surface area contributed by atoms with Crippen LogP contribution in [-0.4, -0.2) is 6.61 Å². The van der Waals surface area contributed by atoms with Crippen molar-refractivity contribution >= 4 is 5.57 Å². The first-order chi connectivity index (χ1) is 15.0. The Morgan fingerprint density at radius 3 is 2.32 bits per heavy atom. The second kappa shape index (κ2) is 9.50. The summed E-state index contributed by atoms with van der Waals surface area (Å²) in [6.45, 7) is 3.90. The van der Waals surface area contributed by atoms with Crippen LogP contribution in [0.3, 0.4) is 0 Å². The minimum absolute atomic E-state index is 0.118. The van der Waals surface area contributed by atoms with E-state index in [9.17, 15) is 13.2 Å². The monoisotopic (exact) mass is 428 g/mol. The Kier molecular flexibility index (Phi) is 6.74. The van der Waals surface area contributed by atoms with Gasteiger partial charge in [0.1, 0.15) is 0 Å². The van der Waals surface area contributed by atoms with E-state index in [4.69, 9.17) is 4.74 Å². The molecule has 0 heterocycles. The summed E-state index contributed by atoms with van der Waals surface area (Å²) < 4.78 is 47.9. The van der Waals surface area contributed by atoms with Crippen LogP contribution in [0.5, 0.6) is 5.75 Å². The van der Waals surface area contributed by atoms with Gasteiger partial charge in [-0.2, -0.15) is 0 Å². The van der Waals surface area contributed by atoms with Crippen molar-refractivity contribution in [1.29, 1.82) is 0 Å². The third-order valence-corrected chi connectivity index (χ3v) is 7.24. The Bertz CT molecular complexity index is 957. The van der Waals surface area contributed by atoms with Crippen molar-refractivity contribution in [2.24, 2.45) is 11.8 Å². The summed E-state index contributed by atoms with van der Waals surface area (Å²) in [5.74, 6) is 0.0171. The molecule has 0 aromatic heterocycles.